The van der Waals surface area contributed by atoms with Gasteiger partial charge in [-0.3, -0.25) is 9.36 Å². The molecule has 0 rings (SSSR count). The number of likely N-dealkylation sites (N-methyl/N-ethyl adjacent to an activating group) is 1. The monoisotopic (exact) mass is 815 g/mol. The molecule has 0 aromatic rings. The van der Waals surface area contributed by atoms with Gasteiger partial charge in [-0.25, -0.2) is 0 Å². The zero-order chi connectivity index (χ0) is 41.4. The first-order chi connectivity index (χ1) is 27.0. The van der Waals surface area contributed by atoms with Gasteiger partial charge in [0.25, 0.3) is 7.82 Å². The van der Waals surface area contributed by atoms with Crippen LogP contribution in [0.4, 0.5) is 0 Å². The number of phosphoric ester groups is 1. The number of hydrogen-bond acceptors (Lipinski definition) is 6. The van der Waals surface area contributed by atoms with Crippen molar-refractivity contribution in [2.24, 2.45) is 0 Å². The topological polar surface area (TPSA) is 108 Å². The highest BCUT2D eigenvalue weighted by Gasteiger charge is 2.23. The number of quaternary nitrogens is 1. The predicted octanol–water partition coefficient (Wildman–Crippen LogP) is 12.9. The summed E-state index contributed by atoms with van der Waals surface area (Å²) >= 11 is 0. The molecule has 0 aliphatic rings. The second-order valence-corrected chi connectivity index (χ2v) is 19.2. The summed E-state index contributed by atoms with van der Waals surface area (Å²) in [6.45, 7) is 4.67. The van der Waals surface area contributed by atoms with Crippen LogP contribution < -0.4 is 10.2 Å². The summed E-state index contributed by atoms with van der Waals surface area (Å²) in [4.78, 5) is 25.3. The fourth-order valence-electron chi connectivity index (χ4n) is 7.15. The van der Waals surface area contributed by atoms with E-state index in [1.807, 2.05) is 27.2 Å². The lowest BCUT2D eigenvalue weighted by Gasteiger charge is -2.29. The molecule has 0 aromatic heterocycles. The lowest BCUT2D eigenvalue weighted by atomic mass is 10.0. The van der Waals surface area contributed by atoms with E-state index in [0.29, 0.717) is 17.4 Å². The van der Waals surface area contributed by atoms with E-state index in [4.69, 9.17) is 9.05 Å². The number of nitrogens with one attached hydrogen (secondary N) is 1. The Labute approximate surface area is 348 Å². The number of aliphatic hydroxyl groups excluding tert-OH is 1. The van der Waals surface area contributed by atoms with Crippen LogP contribution in [0.15, 0.2) is 12.2 Å². The van der Waals surface area contributed by atoms with Crippen molar-refractivity contribution in [1.82, 2.24) is 5.32 Å². The summed E-state index contributed by atoms with van der Waals surface area (Å²) in [5.74, 6) is -0.193. The number of amides is 1. The zero-order valence-corrected chi connectivity index (χ0v) is 38.7. The minimum Gasteiger partial charge on any atom is -0.756 e. The molecule has 1 amide bonds. The summed E-state index contributed by atoms with van der Waals surface area (Å²) in [5.41, 5.74) is 0. The van der Waals surface area contributed by atoms with E-state index in [9.17, 15) is 19.4 Å². The number of allylic oxidation sites excluding steroid dienone is 1. The number of rotatable bonds is 44. The molecule has 0 saturated heterocycles. The van der Waals surface area contributed by atoms with Crippen LogP contribution in [-0.2, 0) is 18.4 Å². The van der Waals surface area contributed by atoms with Crippen molar-refractivity contribution < 1.29 is 32.9 Å². The van der Waals surface area contributed by atoms with Crippen molar-refractivity contribution in [3.63, 3.8) is 0 Å². The quantitative estimate of drug-likeness (QED) is 0.0274. The second-order valence-electron chi connectivity index (χ2n) is 17.8. The van der Waals surface area contributed by atoms with Crippen LogP contribution in [0.2, 0.25) is 0 Å². The van der Waals surface area contributed by atoms with E-state index >= 15 is 0 Å². The van der Waals surface area contributed by atoms with Crippen LogP contribution in [0.25, 0.3) is 0 Å². The van der Waals surface area contributed by atoms with Gasteiger partial charge in [-0.05, 0) is 19.3 Å². The molecule has 0 aromatic carbocycles. The largest absolute Gasteiger partial charge is 0.756 e. The first-order valence-electron chi connectivity index (χ1n) is 24.1. The average molecular weight is 815 g/mol. The molecule has 0 bridgehead atoms. The van der Waals surface area contributed by atoms with E-state index in [0.717, 1.165) is 38.5 Å². The highest BCUT2D eigenvalue weighted by Crippen LogP contribution is 2.38. The first-order valence-corrected chi connectivity index (χ1v) is 25.5. The minimum absolute atomic E-state index is 0.00230. The minimum atomic E-state index is -4.58. The number of unbranched alkanes of at least 4 members (excludes halogenated alkanes) is 31. The standard InChI is InChI=1S/C47H95N2O6P/c1-6-8-10-12-14-16-18-20-22-24-26-28-30-32-34-36-38-40-46(50)45(44-55-56(52,53)54-43-42-49(3,4)5)48-47(51)41-39-37-35-33-31-29-27-25-23-21-19-17-15-13-11-9-7-2/h38,40,45-46,50H,6-37,39,41-44H2,1-5H3,(H-,48,51,52,53)/b40-38+/t45-,46+/m0/s1. The summed E-state index contributed by atoms with van der Waals surface area (Å²) in [6.07, 6.45) is 45.4. The first kappa shape index (κ1) is 55.2. The Morgan fingerprint density at radius 1 is 0.607 bits per heavy atom. The van der Waals surface area contributed by atoms with Crippen molar-refractivity contribution in [1.29, 1.82) is 0 Å². The maximum Gasteiger partial charge on any atom is 0.268 e. The maximum atomic E-state index is 12.9. The Balaban J connectivity index is 4.34. The molecule has 0 spiro atoms. The molecule has 56 heavy (non-hydrogen) atoms. The number of nitrogens with zero attached hydrogens (tertiary/aromatic N) is 1. The lowest BCUT2D eigenvalue weighted by molar-refractivity contribution is -0.870. The van der Waals surface area contributed by atoms with E-state index in [-0.39, 0.29) is 19.1 Å². The number of aliphatic hydroxyl groups is 1. The molecule has 0 fully saturated rings. The van der Waals surface area contributed by atoms with E-state index in [1.54, 1.807) is 6.08 Å². The molecule has 334 valence electrons. The second kappa shape index (κ2) is 39.7. The maximum absolute atomic E-state index is 12.9. The molecule has 9 heteroatoms. The summed E-state index contributed by atoms with van der Waals surface area (Å²) in [6, 6.07) is -0.880. The summed E-state index contributed by atoms with van der Waals surface area (Å²) in [7, 11) is 1.27. The van der Waals surface area contributed by atoms with Crippen molar-refractivity contribution in [3.8, 4) is 0 Å². The average Bonchev–Trinajstić information content (AvgIpc) is 3.15. The van der Waals surface area contributed by atoms with Gasteiger partial charge in [-0.2, -0.15) is 0 Å². The molecule has 1 unspecified atom stereocenters. The Morgan fingerprint density at radius 3 is 1.34 bits per heavy atom. The third-order valence-electron chi connectivity index (χ3n) is 11.0. The van der Waals surface area contributed by atoms with E-state index in [1.165, 1.54) is 173 Å². The van der Waals surface area contributed by atoms with Gasteiger partial charge in [0.1, 0.15) is 13.2 Å². The van der Waals surface area contributed by atoms with Crippen LogP contribution in [0.3, 0.4) is 0 Å². The van der Waals surface area contributed by atoms with Gasteiger partial charge in [0.05, 0.1) is 39.9 Å². The van der Waals surface area contributed by atoms with Gasteiger partial charge in [0.2, 0.25) is 5.91 Å². The van der Waals surface area contributed by atoms with Gasteiger partial charge >= 0.3 is 0 Å². The highest BCUT2D eigenvalue weighted by atomic mass is 31.2. The normalized spacial score (nSPS) is 14.3. The number of hydrogen-bond donors (Lipinski definition) is 2. The Hall–Kier alpha value is -0.760. The lowest BCUT2D eigenvalue weighted by Crippen LogP contribution is -2.45. The molecule has 8 nitrogen and oxygen atoms in total. The number of carbonyl (C=O) groups is 1. The van der Waals surface area contributed by atoms with Crippen LogP contribution in [-0.4, -0.2) is 68.5 Å². The van der Waals surface area contributed by atoms with Crippen LogP contribution in [0, 0.1) is 0 Å². The summed E-state index contributed by atoms with van der Waals surface area (Å²) in [5, 5.41) is 13.8. The Kier molecular flexibility index (Phi) is 39.1. The molecule has 0 aliphatic heterocycles. The summed E-state index contributed by atoms with van der Waals surface area (Å²) < 4.78 is 23.2. The highest BCUT2D eigenvalue weighted by molar-refractivity contribution is 7.45. The fourth-order valence-corrected chi connectivity index (χ4v) is 7.88. The molecule has 2 N–H and O–H groups in total. The van der Waals surface area contributed by atoms with Crippen molar-refractivity contribution in [2.45, 2.75) is 244 Å². The van der Waals surface area contributed by atoms with E-state index < -0.39 is 20.0 Å². The van der Waals surface area contributed by atoms with Gasteiger partial charge in [-0.1, -0.05) is 219 Å². The smallest absolute Gasteiger partial charge is 0.268 e. The molecular formula is C47H95N2O6P. The van der Waals surface area contributed by atoms with E-state index in [2.05, 4.69) is 19.2 Å². The van der Waals surface area contributed by atoms with Crippen LogP contribution in [0.1, 0.15) is 232 Å². The van der Waals surface area contributed by atoms with Crippen molar-refractivity contribution in [2.75, 3.05) is 40.9 Å². The third kappa shape index (κ3) is 41.4. The van der Waals surface area contributed by atoms with Crippen LogP contribution >= 0.6 is 7.82 Å². The molecule has 0 saturated carbocycles. The molecule has 0 aliphatic carbocycles. The van der Waals surface area contributed by atoms with Gasteiger partial charge in [-0.15, -0.1) is 0 Å². The SMILES string of the molecule is CCCCCCCCCCCCCCCCC/C=C/[C@@H](O)[C@H](COP(=O)([O-])OCC[N+](C)(C)C)NC(=O)CCCCCCCCCCCCCCCCCCC. The predicted molar refractivity (Wildman–Crippen MR) is 238 cm³/mol. The molecule has 0 heterocycles. The molecule has 3 atom stereocenters. The Morgan fingerprint density at radius 2 is 0.964 bits per heavy atom. The van der Waals surface area contributed by atoms with Gasteiger partial charge in [0.15, 0.2) is 0 Å². The van der Waals surface area contributed by atoms with Crippen molar-refractivity contribution in [3.05, 3.63) is 12.2 Å². The van der Waals surface area contributed by atoms with Gasteiger partial charge in [0, 0.05) is 6.42 Å². The molecule has 0 radical (unpaired) electrons. The zero-order valence-electron chi connectivity index (χ0n) is 37.9. The van der Waals surface area contributed by atoms with Gasteiger partial charge < -0.3 is 28.8 Å². The third-order valence-corrected chi connectivity index (χ3v) is 12.0. The number of carbonyl (C=O) groups excluding carboxylic acids is 1. The van der Waals surface area contributed by atoms with Crippen LogP contribution in [0.5, 0.6) is 0 Å². The Bertz CT molecular complexity index is 927. The fraction of sp³-hybridized carbons (Fsp3) is 0.936. The molecular weight excluding hydrogens is 719 g/mol. The number of phosphoric acid groups is 1. The van der Waals surface area contributed by atoms with Crippen molar-refractivity contribution >= 4 is 13.7 Å².